The minimum absolute atomic E-state index is 0.0246. The number of carbonyl (C=O) groups excluding carboxylic acids is 2. The minimum atomic E-state index is -1.76. The largest absolute Gasteiger partial charge is 0.462 e. The second-order valence-corrected chi connectivity index (χ2v) is 6.49. The lowest BCUT2D eigenvalue weighted by atomic mass is 9.67. The number of amides is 1. The first-order valence-electron chi connectivity index (χ1n) is 9.02. The van der Waals surface area contributed by atoms with Crippen LogP contribution in [0.15, 0.2) is 71.6 Å². The van der Waals surface area contributed by atoms with E-state index in [1.54, 1.807) is 55.5 Å². The summed E-state index contributed by atoms with van der Waals surface area (Å²) in [4.78, 5) is 26.2. The summed E-state index contributed by atoms with van der Waals surface area (Å²) in [5.41, 5.74) is 5.69. The number of nitrogens with one attached hydrogen (secondary N) is 1. The van der Waals surface area contributed by atoms with E-state index in [1.807, 2.05) is 6.07 Å². The van der Waals surface area contributed by atoms with Gasteiger partial charge in [-0.05, 0) is 13.0 Å². The number of rotatable bonds is 3. The highest BCUT2D eigenvalue weighted by Gasteiger charge is 2.60. The number of hydrogen-bond acceptors (Lipinski definition) is 6. The van der Waals surface area contributed by atoms with Crippen LogP contribution in [0.4, 0.5) is 5.69 Å². The van der Waals surface area contributed by atoms with E-state index in [-0.39, 0.29) is 29.4 Å². The van der Waals surface area contributed by atoms with E-state index in [1.165, 1.54) is 0 Å². The quantitative estimate of drug-likeness (QED) is 0.783. The van der Waals surface area contributed by atoms with Gasteiger partial charge in [-0.15, -0.1) is 0 Å². The Balaban J connectivity index is 2.10. The topological polar surface area (TPSA) is 114 Å². The first-order valence-corrected chi connectivity index (χ1v) is 9.02. The molecule has 7 nitrogen and oxygen atoms in total. The van der Waals surface area contributed by atoms with Crippen LogP contribution in [0.25, 0.3) is 5.76 Å². The van der Waals surface area contributed by atoms with Gasteiger partial charge in [-0.25, -0.2) is 4.79 Å². The molecule has 2 heterocycles. The van der Waals surface area contributed by atoms with Gasteiger partial charge in [0, 0.05) is 16.8 Å². The third-order valence-electron chi connectivity index (χ3n) is 4.98. The number of nitriles is 1. The fourth-order valence-electron chi connectivity index (χ4n) is 3.83. The van der Waals surface area contributed by atoms with Crippen LogP contribution in [0.1, 0.15) is 18.1 Å². The molecule has 7 heteroatoms. The van der Waals surface area contributed by atoms with Crippen LogP contribution in [0.5, 0.6) is 0 Å². The Labute approximate surface area is 167 Å². The third kappa shape index (κ3) is 2.50. The van der Waals surface area contributed by atoms with Crippen molar-refractivity contribution in [1.82, 2.24) is 0 Å². The lowest BCUT2D eigenvalue weighted by Gasteiger charge is -2.34. The number of para-hydroxylation sites is 1. The third-order valence-corrected chi connectivity index (χ3v) is 4.98. The van der Waals surface area contributed by atoms with Crippen LogP contribution in [0.3, 0.4) is 0 Å². The molecule has 1 atom stereocenters. The first-order chi connectivity index (χ1) is 14.1. The Kier molecular flexibility index (Phi) is 4.32. The van der Waals surface area contributed by atoms with Crippen molar-refractivity contribution < 1.29 is 19.1 Å². The maximum Gasteiger partial charge on any atom is 0.341 e. The van der Waals surface area contributed by atoms with Crippen LogP contribution < -0.4 is 11.1 Å². The molecule has 2 aliphatic heterocycles. The standard InChI is InChI=1S/C22H17N3O4/c1-2-28-20(26)17-19(24)29-18(13-8-4-3-5-9-13)15(12-23)22(17)14-10-6-7-11-16(14)25-21(22)27/h3-11H,2,24H2,1H3,(H,25,27)/t22-/m0/s1. The molecule has 1 amide bonds. The van der Waals surface area contributed by atoms with E-state index in [2.05, 4.69) is 11.4 Å². The van der Waals surface area contributed by atoms with Crippen LogP contribution in [-0.2, 0) is 24.5 Å². The predicted octanol–water partition coefficient (Wildman–Crippen LogP) is 2.57. The van der Waals surface area contributed by atoms with Gasteiger partial charge in [0.2, 0.25) is 11.8 Å². The van der Waals surface area contributed by atoms with Gasteiger partial charge in [0.05, 0.1) is 12.2 Å². The number of esters is 1. The molecule has 0 unspecified atom stereocenters. The summed E-state index contributed by atoms with van der Waals surface area (Å²) in [6.45, 7) is 1.72. The van der Waals surface area contributed by atoms with Gasteiger partial charge in [0.15, 0.2) is 11.2 Å². The molecule has 144 valence electrons. The molecule has 2 aliphatic rings. The highest BCUT2D eigenvalue weighted by Crippen LogP contribution is 2.53. The molecular formula is C22H17N3O4. The highest BCUT2D eigenvalue weighted by molar-refractivity contribution is 6.18. The molecule has 0 saturated carbocycles. The van der Waals surface area contributed by atoms with E-state index >= 15 is 0 Å². The van der Waals surface area contributed by atoms with Crippen molar-refractivity contribution in [3.8, 4) is 6.07 Å². The predicted molar refractivity (Wildman–Crippen MR) is 105 cm³/mol. The van der Waals surface area contributed by atoms with E-state index in [4.69, 9.17) is 15.2 Å². The number of ether oxygens (including phenoxy) is 2. The molecule has 0 aliphatic carbocycles. The minimum Gasteiger partial charge on any atom is -0.462 e. The van der Waals surface area contributed by atoms with Gasteiger partial charge in [-0.3, -0.25) is 4.79 Å². The molecule has 4 rings (SSSR count). The fraction of sp³-hybridized carbons (Fsp3) is 0.136. The Morgan fingerprint density at radius 1 is 1.21 bits per heavy atom. The summed E-state index contributed by atoms with van der Waals surface area (Å²) in [6.07, 6.45) is 0. The zero-order valence-corrected chi connectivity index (χ0v) is 15.6. The van der Waals surface area contributed by atoms with Crippen LogP contribution in [-0.4, -0.2) is 18.5 Å². The lowest BCUT2D eigenvalue weighted by Crippen LogP contribution is -2.46. The summed E-state index contributed by atoms with van der Waals surface area (Å²) in [6, 6.07) is 17.8. The van der Waals surface area contributed by atoms with Crippen LogP contribution in [0, 0.1) is 11.3 Å². The van der Waals surface area contributed by atoms with Crippen molar-refractivity contribution in [3.63, 3.8) is 0 Å². The number of nitrogens with zero attached hydrogens (tertiary/aromatic N) is 1. The van der Waals surface area contributed by atoms with Crippen molar-refractivity contribution in [2.75, 3.05) is 11.9 Å². The summed E-state index contributed by atoms with van der Waals surface area (Å²) in [5.74, 6) is -1.51. The maximum atomic E-state index is 13.4. The average molecular weight is 387 g/mol. The van der Waals surface area contributed by atoms with Crippen molar-refractivity contribution in [2.24, 2.45) is 5.73 Å². The molecule has 0 fully saturated rings. The summed E-state index contributed by atoms with van der Waals surface area (Å²) in [7, 11) is 0. The molecule has 0 radical (unpaired) electrons. The molecule has 2 aromatic carbocycles. The van der Waals surface area contributed by atoms with Crippen LogP contribution in [0.2, 0.25) is 0 Å². The first kappa shape index (κ1) is 18.3. The van der Waals surface area contributed by atoms with Gasteiger partial charge in [0.1, 0.15) is 11.6 Å². The Hall–Kier alpha value is -4.05. The highest BCUT2D eigenvalue weighted by atomic mass is 16.5. The fourth-order valence-corrected chi connectivity index (χ4v) is 3.83. The van der Waals surface area contributed by atoms with E-state index in [0.717, 1.165) is 0 Å². The molecule has 29 heavy (non-hydrogen) atoms. The van der Waals surface area contributed by atoms with Gasteiger partial charge in [-0.2, -0.15) is 5.26 Å². The van der Waals surface area contributed by atoms with Crippen LogP contribution >= 0.6 is 0 Å². The zero-order valence-electron chi connectivity index (χ0n) is 15.6. The molecule has 2 aromatic rings. The van der Waals surface area contributed by atoms with Crippen molar-refractivity contribution in [3.05, 3.63) is 82.8 Å². The average Bonchev–Trinajstić information content (AvgIpc) is 3.01. The van der Waals surface area contributed by atoms with Crippen molar-refractivity contribution in [1.29, 1.82) is 5.26 Å². The molecule has 0 aromatic heterocycles. The monoisotopic (exact) mass is 387 g/mol. The normalized spacial score (nSPS) is 20.1. The number of fused-ring (bicyclic) bond motifs is 2. The summed E-state index contributed by atoms with van der Waals surface area (Å²) < 4.78 is 10.9. The molecule has 0 saturated heterocycles. The van der Waals surface area contributed by atoms with Gasteiger partial charge in [0.25, 0.3) is 0 Å². The van der Waals surface area contributed by atoms with E-state index < -0.39 is 17.3 Å². The summed E-state index contributed by atoms with van der Waals surface area (Å²) >= 11 is 0. The van der Waals surface area contributed by atoms with Gasteiger partial charge >= 0.3 is 5.97 Å². The number of benzene rings is 2. The Morgan fingerprint density at radius 2 is 1.90 bits per heavy atom. The number of nitrogens with two attached hydrogens (primary N) is 1. The Bertz CT molecular complexity index is 1130. The molecular weight excluding hydrogens is 370 g/mol. The molecule has 3 N–H and O–H groups in total. The van der Waals surface area contributed by atoms with E-state index in [0.29, 0.717) is 16.8 Å². The zero-order chi connectivity index (χ0) is 20.6. The molecule has 0 bridgehead atoms. The van der Waals surface area contributed by atoms with Gasteiger partial charge in [-0.1, -0.05) is 48.5 Å². The SMILES string of the molecule is CCOC(=O)C1=C(N)OC(c2ccccc2)=C(C#N)[C@]12C(=O)Nc1ccccc12. The van der Waals surface area contributed by atoms with Crippen molar-refractivity contribution in [2.45, 2.75) is 12.3 Å². The number of carbonyl (C=O) groups is 2. The summed E-state index contributed by atoms with van der Waals surface area (Å²) in [5, 5.41) is 12.9. The smallest absolute Gasteiger partial charge is 0.341 e. The number of hydrogen-bond donors (Lipinski definition) is 2. The van der Waals surface area contributed by atoms with Crippen molar-refractivity contribution >= 4 is 23.3 Å². The van der Waals surface area contributed by atoms with Gasteiger partial charge < -0.3 is 20.5 Å². The Morgan fingerprint density at radius 3 is 2.59 bits per heavy atom. The second kappa shape index (κ2) is 6.84. The number of anilines is 1. The second-order valence-electron chi connectivity index (χ2n) is 6.49. The lowest BCUT2D eigenvalue weighted by molar-refractivity contribution is -0.140. The van der Waals surface area contributed by atoms with E-state index in [9.17, 15) is 14.9 Å². The molecule has 1 spiro atoms. The maximum absolute atomic E-state index is 13.4.